The highest BCUT2D eigenvalue weighted by atomic mass is 32.2. The highest BCUT2D eigenvalue weighted by Crippen LogP contribution is 2.11. The first-order chi connectivity index (χ1) is 9.77. The molecule has 0 radical (unpaired) electrons. The van der Waals surface area contributed by atoms with Gasteiger partial charge in [0.05, 0.1) is 4.90 Å². The van der Waals surface area contributed by atoms with Crippen molar-refractivity contribution < 1.29 is 13.2 Å². The summed E-state index contributed by atoms with van der Waals surface area (Å²) in [4.78, 5) is 13.5. The minimum atomic E-state index is -3.52. The van der Waals surface area contributed by atoms with Crippen LogP contribution >= 0.6 is 0 Å². The molecule has 5 nitrogen and oxygen atoms in total. The van der Waals surface area contributed by atoms with Gasteiger partial charge in [0.2, 0.25) is 10.0 Å². The fourth-order valence-electron chi connectivity index (χ4n) is 1.84. The van der Waals surface area contributed by atoms with Gasteiger partial charge in [-0.15, -0.1) is 0 Å². The first kappa shape index (κ1) is 17.8. The van der Waals surface area contributed by atoms with Crippen molar-refractivity contribution >= 4 is 15.8 Å². The Hall–Kier alpha value is -1.24. The van der Waals surface area contributed by atoms with Crippen molar-refractivity contribution in [2.24, 2.45) is 0 Å². The minimum absolute atomic E-state index is 0.0814. The summed E-state index contributed by atoms with van der Waals surface area (Å²) < 4.78 is 26.8. The summed E-state index contributed by atoms with van der Waals surface area (Å²) >= 11 is 0. The van der Waals surface area contributed by atoms with Crippen LogP contribution in [0.25, 0.3) is 0 Å². The van der Waals surface area contributed by atoms with Crippen molar-refractivity contribution in [1.29, 1.82) is 0 Å². The summed E-state index contributed by atoms with van der Waals surface area (Å²) in [6.07, 6.45) is 1.02. The molecule has 0 aliphatic carbocycles. The lowest BCUT2D eigenvalue weighted by Crippen LogP contribution is -2.37. The lowest BCUT2D eigenvalue weighted by Gasteiger charge is -2.23. The smallest absolute Gasteiger partial charge is 0.240 e. The predicted octanol–water partition coefficient (Wildman–Crippen LogP) is 1.90. The summed E-state index contributed by atoms with van der Waals surface area (Å²) in [6.45, 7) is 6.67. The molecule has 1 aromatic carbocycles. The molecule has 0 fully saturated rings. The van der Waals surface area contributed by atoms with Crippen LogP contribution < -0.4 is 4.72 Å². The van der Waals surface area contributed by atoms with Gasteiger partial charge >= 0.3 is 0 Å². The minimum Gasteiger partial charge on any atom is -0.302 e. The molecule has 1 aromatic rings. The Morgan fingerprint density at radius 3 is 2.33 bits per heavy atom. The Balaban J connectivity index is 2.63. The summed E-state index contributed by atoms with van der Waals surface area (Å²) in [5.41, 5.74) is 0.505. The molecule has 21 heavy (non-hydrogen) atoms. The second-order valence-electron chi connectivity index (χ2n) is 5.22. The van der Waals surface area contributed by atoms with Crippen LogP contribution in [-0.2, 0) is 10.0 Å². The second-order valence-corrected chi connectivity index (χ2v) is 6.98. The van der Waals surface area contributed by atoms with Crippen LogP contribution in [0.3, 0.4) is 0 Å². The third-order valence-electron chi connectivity index (χ3n) is 3.67. The van der Waals surface area contributed by atoms with Gasteiger partial charge in [-0.2, -0.15) is 0 Å². The van der Waals surface area contributed by atoms with E-state index in [0.717, 1.165) is 6.42 Å². The topological polar surface area (TPSA) is 66.5 Å². The number of hydrogen-bond acceptors (Lipinski definition) is 4. The molecule has 118 valence electrons. The van der Waals surface area contributed by atoms with E-state index in [2.05, 4.69) is 23.5 Å². The number of sulfonamides is 1. The molecule has 0 bridgehead atoms. The normalized spacial score (nSPS) is 13.4. The highest BCUT2D eigenvalue weighted by molar-refractivity contribution is 7.89. The molecule has 0 aliphatic rings. The Morgan fingerprint density at radius 1 is 1.29 bits per heavy atom. The second kappa shape index (κ2) is 7.68. The number of likely N-dealkylation sites (N-methyl/N-ethyl adjacent to an activating group) is 1. The van der Waals surface area contributed by atoms with E-state index in [0.29, 0.717) is 24.7 Å². The number of carbonyl (C=O) groups is 1. The number of Topliss-reactive ketones (excluding diaryl/α,β-unsaturated/α-hetero) is 1. The molecule has 0 amide bonds. The highest BCUT2D eigenvalue weighted by Gasteiger charge is 2.14. The van der Waals surface area contributed by atoms with Crippen LogP contribution in [0.15, 0.2) is 29.2 Å². The van der Waals surface area contributed by atoms with Gasteiger partial charge in [-0.05, 0) is 39.4 Å². The number of ketones is 1. The van der Waals surface area contributed by atoms with Gasteiger partial charge in [0.25, 0.3) is 0 Å². The first-order valence-corrected chi connectivity index (χ1v) is 8.57. The number of nitrogens with zero attached hydrogens (tertiary/aromatic N) is 1. The number of hydrogen-bond donors (Lipinski definition) is 1. The van der Waals surface area contributed by atoms with Crippen molar-refractivity contribution in [3.05, 3.63) is 29.8 Å². The van der Waals surface area contributed by atoms with Crippen LogP contribution in [0.2, 0.25) is 0 Å². The van der Waals surface area contributed by atoms with E-state index in [1.54, 1.807) is 0 Å². The van der Waals surface area contributed by atoms with Gasteiger partial charge in [0.1, 0.15) is 0 Å². The Bertz CT molecular complexity index is 567. The zero-order chi connectivity index (χ0) is 16.0. The van der Waals surface area contributed by atoms with E-state index >= 15 is 0 Å². The van der Waals surface area contributed by atoms with Gasteiger partial charge in [0.15, 0.2) is 5.78 Å². The largest absolute Gasteiger partial charge is 0.302 e. The molecule has 0 aliphatic heterocycles. The third-order valence-corrected chi connectivity index (χ3v) is 5.15. The molecule has 6 heteroatoms. The van der Waals surface area contributed by atoms with E-state index in [4.69, 9.17) is 0 Å². The monoisotopic (exact) mass is 312 g/mol. The van der Waals surface area contributed by atoms with E-state index < -0.39 is 10.0 Å². The van der Waals surface area contributed by atoms with E-state index in [-0.39, 0.29) is 10.7 Å². The molecule has 0 heterocycles. The number of rotatable bonds is 8. The quantitative estimate of drug-likeness (QED) is 0.745. The van der Waals surface area contributed by atoms with Gasteiger partial charge in [0, 0.05) is 24.7 Å². The zero-order valence-corrected chi connectivity index (χ0v) is 13.9. The van der Waals surface area contributed by atoms with Crippen LogP contribution in [0.4, 0.5) is 0 Å². The van der Waals surface area contributed by atoms with Crippen molar-refractivity contribution in [2.75, 3.05) is 20.1 Å². The van der Waals surface area contributed by atoms with E-state index in [1.165, 1.54) is 31.2 Å². The summed E-state index contributed by atoms with van der Waals surface area (Å²) in [5, 5.41) is 0. The maximum absolute atomic E-state index is 12.1. The lowest BCUT2D eigenvalue weighted by molar-refractivity contribution is 0.101. The molecular formula is C15H24N2O3S. The maximum Gasteiger partial charge on any atom is 0.240 e. The SMILES string of the molecule is CCC(C)N(C)CCNS(=O)(=O)c1ccc(C(C)=O)cc1. The van der Waals surface area contributed by atoms with Gasteiger partial charge in [-0.3, -0.25) is 4.79 Å². The molecular weight excluding hydrogens is 288 g/mol. The first-order valence-electron chi connectivity index (χ1n) is 7.08. The van der Waals surface area contributed by atoms with Crippen LogP contribution in [-0.4, -0.2) is 45.3 Å². The molecule has 1 N–H and O–H groups in total. The molecule has 1 unspecified atom stereocenters. The number of carbonyl (C=O) groups excluding carboxylic acids is 1. The Kier molecular flexibility index (Phi) is 6.51. The average molecular weight is 312 g/mol. The fraction of sp³-hybridized carbons (Fsp3) is 0.533. The van der Waals surface area contributed by atoms with Crippen LogP contribution in [0.1, 0.15) is 37.6 Å². The standard InChI is InChI=1S/C15H24N2O3S/c1-5-12(2)17(4)11-10-16-21(19,20)15-8-6-14(7-9-15)13(3)18/h6-9,12,16H,5,10-11H2,1-4H3. The molecule has 1 rings (SSSR count). The van der Waals surface area contributed by atoms with Crippen molar-refractivity contribution in [3.8, 4) is 0 Å². The molecule has 0 spiro atoms. The zero-order valence-electron chi connectivity index (χ0n) is 13.1. The molecule has 0 saturated heterocycles. The Morgan fingerprint density at radius 2 is 1.86 bits per heavy atom. The summed E-state index contributed by atoms with van der Waals surface area (Å²) in [5.74, 6) is -0.0814. The number of benzene rings is 1. The van der Waals surface area contributed by atoms with E-state index in [1.807, 2.05) is 7.05 Å². The van der Waals surface area contributed by atoms with Gasteiger partial charge < -0.3 is 4.90 Å². The molecule has 0 aromatic heterocycles. The van der Waals surface area contributed by atoms with Crippen LogP contribution in [0.5, 0.6) is 0 Å². The van der Waals surface area contributed by atoms with Gasteiger partial charge in [-0.1, -0.05) is 19.1 Å². The Labute approximate surface area is 127 Å². The van der Waals surface area contributed by atoms with E-state index in [9.17, 15) is 13.2 Å². The maximum atomic E-state index is 12.1. The third kappa shape index (κ3) is 5.22. The van der Waals surface area contributed by atoms with Crippen LogP contribution in [0, 0.1) is 0 Å². The summed E-state index contributed by atoms with van der Waals surface area (Å²) in [6, 6.07) is 6.39. The average Bonchev–Trinajstić information content (AvgIpc) is 2.46. The fourth-order valence-corrected chi connectivity index (χ4v) is 2.86. The van der Waals surface area contributed by atoms with Crippen molar-refractivity contribution in [3.63, 3.8) is 0 Å². The van der Waals surface area contributed by atoms with Crippen molar-refractivity contribution in [2.45, 2.75) is 38.1 Å². The van der Waals surface area contributed by atoms with Crippen molar-refractivity contribution in [1.82, 2.24) is 9.62 Å². The summed E-state index contributed by atoms with van der Waals surface area (Å²) in [7, 11) is -1.54. The predicted molar refractivity (Wildman–Crippen MR) is 84.0 cm³/mol. The number of nitrogens with one attached hydrogen (secondary N) is 1. The lowest BCUT2D eigenvalue weighted by atomic mass is 10.2. The molecule has 0 saturated carbocycles. The van der Waals surface area contributed by atoms with Gasteiger partial charge in [-0.25, -0.2) is 13.1 Å². The molecule has 1 atom stereocenters.